The van der Waals surface area contributed by atoms with Crippen molar-refractivity contribution in [2.75, 3.05) is 11.9 Å². The van der Waals surface area contributed by atoms with Crippen LogP contribution in [-0.4, -0.2) is 17.5 Å². The van der Waals surface area contributed by atoms with Crippen LogP contribution in [0.15, 0.2) is 39.5 Å². The van der Waals surface area contributed by atoms with Gasteiger partial charge in [-0.05, 0) is 51.1 Å². The normalized spacial score (nSPS) is 12.7. The Morgan fingerprint density at radius 3 is 3.04 bits per heavy atom. The molecule has 116 valence electrons. The van der Waals surface area contributed by atoms with Gasteiger partial charge in [0.2, 0.25) is 0 Å². The number of rotatable bonds is 3. The van der Waals surface area contributed by atoms with Crippen LogP contribution in [0.2, 0.25) is 0 Å². The molecule has 3 aromatic rings. The molecule has 7 heteroatoms. The molecule has 0 saturated heterocycles. The van der Waals surface area contributed by atoms with Crippen molar-refractivity contribution in [2.45, 2.75) is 6.42 Å². The van der Waals surface area contributed by atoms with Gasteiger partial charge in [0.15, 0.2) is 5.13 Å². The summed E-state index contributed by atoms with van der Waals surface area (Å²) in [5.74, 6) is 0.815. The van der Waals surface area contributed by atoms with Crippen LogP contribution < -0.4 is 10.1 Å². The summed E-state index contributed by atoms with van der Waals surface area (Å²) in [6, 6.07) is 7.96. The molecule has 0 fully saturated rings. The maximum absolute atomic E-state index is 12.2. The number of hydrogen-bond acceptors (Lipinski definition) is 5. The Morgan fingerprint density at radius 1 is 1.30 bits per heavy atom. The third-order valence-corrected chi connectivity index (χ3v) is 6.13. The van der Waals surface area contributed by atoms with Gasteiger partial charge in [-0.1, -0.05) is 0 Å². The van der Waals surface area contributed by atoms with E-state index < -0.39 is 0 Å². The number of hydrogen-bond donors (Lipinski definition) is 1. The fourth-order valence-corrected chi connectivity index (χ4v) is 4.58. The fraction of sp³-hybridized carbons (Fsp3) is 0.125. The molecule has 23 heavy (non-hydrogen) atoms. The van der Waals surface area contributed by atoms with Gasteiger partial charge in [0, 0.05) is 21.8 Å². The van der Waals surface area contributed by atoms with E-state index in [1.807, 2.05) is 29.0 Å². The van der Waals surface area contributed by atoms with Crippen molar-refractivity contribution < 1.29 is 9.53 Å². The van der Waals surface area contributed by atoms with Gasteiger partial charge in [0.1, 0.15) is 10.6 Å². The molecule has 1 aromatic carbocycles. The van der Waals surface area contributed by atoms with Crippen LogP contribution in [-0.2, 0) is 6.42 Å². The number of halogens is 1. The van der Waals surface area contributed by atoms with Gasteiger partial charge in [-0.25, -0.2) is 4.98 Å². The van der Waals surface area contributed by atoms with E-state index in [2.05, 4.69) is 32.3 Å². The van der Waals surface area contributed by atoms with Crippen LogP contribution in [0.1, 0.15) is 15.2 Å². The molecule has 0 spiro atoms. The minimum Gasteiger partial charge on any atom is -0.493 e. The van der Waals surface area contributed by atoms with Crippen LogP contribution >= 0.6 is 38.6 Å². The molecule has 0 aliphatic carbocycles. The summed E-state index contributed by atoms with van der Waals surface area (Å²) in [6.45, 7) is 0.743. The van der Waals surface area contributed by atoms with Crippen molar-refractivity contribution in [1.82, 2.24) is 4.98 Å². The summed E-state index contributed by atoms with van der Waals surface area (Å²) in [7, 11) is 0. The maximum Gasteiger partial charge on any atom is 0.268 e. The predicted molar refractivity (Wildman–Crippen MR) is 96.7 cm³/mol. The molecular formula is C16H11BrN2O2S2. The van der Waals surface area contributed by atoms with Crippen molar-refractivity contribution in [1.29, 1.82) is 0 Å². The monoisotopic (exact) mass is 406 g/mol. The molecule has 0 bridgehead atoms. The van der Waals surface area contributed by atoms with Gasteiger partial charge >= 0.3 is 0 Å². The molecule has 3 heterocycles. The topological polar surface area (TPSA) is 51.2 Å². The highest BCUT2D eigenvalue weighted by molar-refractivity contribution is 9.10. The summed E-state index contributed by atoms with van der Waals surface area (Å²) in [5.41, 5.74) is 3.12. The second-order valence-electron chi connectivity index (χ2n) is 5.01. The number of aromatic nitrogens is 1. The Labute approximate surface area is 149 Å². The molecule has 4 rings (SSSR count). The molecule has 0 saturated carbocycles. The van der Waals surface area contributed by atoms with Gasteiger partial charge in [-0.3, -0.25) is 10.1 Å². The molecule has 1 aliphatic rings. The van der Waals surface area contributed by atoms with Crippen LogP contribution in [0.5, 0.6) is 5.75 Å². The molecule has 0 atom stereocenters. The largest absolute Gasteiger partial charge is 0.493 e. The average Bonchev–Trinajstić information content (AvgIpc) is 3.26. The van der Waals surface area contributed by atoms with Gasteiger partial charge < -0.3 is 4.74 Å². The lowest BCUT2D eigenvalue weighted by Crippen LogP contribution is -2.10. The van der Waals surface area contributed by atoms with Gasteiger partial charge in [0.25, 0.3) is 5.91 Å². The van der Waals surface area contributed by atoms with E-state index in [-0.39, 0.29) is 5.91 Å². The van der Waals surface area contributed by atoms with Crippen LogP contribution in [0, 0.1) is 0 Å². The number of fused-ring (bicyclic) bond motifs is 1. The number of nitrogens with one attached hydrogen (secondary N) is 1. The Balaban J connectivity index is 1.55. The van der Waals surface area contributed by atoms with Gasteiger partial charge in [0.05, 0.1) is 12.3 Å². The zero-order valence-corrected chi connectivity index (χ0v) is 15.1. The first-order valence-electron chi connectivity index (χ1n) is 6.97. The number of thiophene rings is 1. The SMILES string of the molecule is O=C(Nc1nc(-c2ccc3c(c2)CCO3)cs1)c1sccc1Br. The second kappa shape index (κ2) is 6.07. The number of anilines is 1. The average molecular weight is 407 g/mol. The van der Waals surface area contributed by atoms with E-state index >= 15 is 0 Å². The zero-order valence-electron chi connectivity index (χ0n) is 11.8. The number of benzene rings is 1. The highest BCUT2D eigenvalue weighted by atomic mass is 79.9. The first kappa shape index (κ1) is 14.9. The first-order chi connectivity index (χ1) is 11.2. The van der Waals surface area contributed by atoms with Crippen molar-refractivity contribution in [3.05, 3.63) is 49.9 Å². The molecule has 1 amide bonds. The van der Waals surface area contributed by atoms with Crippen LogP contribution in [0.25, 0.3) is 11.3 Å². The van der Waals surface area contributed by atoms with E-state index in [4.69, 9.17) is 4.74 Å². The minimum atomic E-state index is -0.143. The number of carbonyl (C=O) groups is 1. The van der Waals surface area contributed by atoms with Crippen molar-refractivity contribution in [3.63, 3.8) is 0 Å². The molecule has 0 radical (unpaired) electrons. The Hall–Kier alpha value is -1.70. The van der Waals surface area contributed by atoms with Crippen LogP contribution in [0.3, 0.4) is 0 Å². The molecule has 1 aliphatic heterocycles. The number of thiazole rings is 1. The second-order valence-corrected chi connectivity index (χ2v) is 7.64. The van der Waals surface area contributed by atoms with Crippen molar-refractivity contribution in [2.24, 2.45) is 0 Å². The highest BCUT2D eigenvalue weighted by Crippen LogP contribution is 2.32. The maximum atomic E-state index is 12.2. The number of nitrogens with zero attached hydrogens (tertiary/aromatic N) is 1. The highest BCUT2D eigenvalue weighted by Gasteiger charge is 2.16. The summed E-state index contributed by atoms with van der Waals surface area (Å²) in [6.07, 6.45) is 0.934. The summed E-state index contributed by atoms with van der Waals surface area (Å²) in [5, 5.41) is 7.28. The van der Waals surface area contributed by atoms with E-state index in [0.29, 0.717) is 10.0 Å². The Bertz CT molecular complexity index is 888. The van der Waals surface area contributed by atoms with E-state index in [1.165, 1.54) is 28.2 Å². The van der Waals surface area contributed by atoms with Crippen molar-refractivity contribution in [3.8, 4) is 17.0 Å². The van der Waals surface area contributed by atoms with E-state index in [0.717, 1.165) is 34.5 Å². The Kier molecular flexibility index (Phi) is 3.92. The lowest BCUT2D eigenvalue weighted by Gasteiger charge is -2.02. The molecule has 0 unspecified atom stereocenters. The number of carbonyl (C=O) groups excluding carboxylic acids is 1. The lowest BCUT2D eigenvalue weighted by molar-refractivity contribution is 0.103. The third-order valence-electron chi connectivity index (χ3n) is 3.53. The predicted octanol–water partition coefficient (Wildman–Crippen LogP) is 4.82. The van der Waals surface area contributed by atoms with E-state index in [1.54, 1.807) is 0 Å². The number of ether oxygens (including phenoxy) is 1. The lowest BCUT2D eigenvalue weighted by atomic mass is 10.1. The first-order valence-corrected chi connectivity index (χ1v) is 9.52. The van der Waals surface area contributed by atoms with Gasteiger partial charge in [-0.2, -0.15) is 0 Å². The minimum absolute atomic E-state index is 0.143. The Morgan fingerprint density at radius 2 is 2.22 bits per heavy atom. The van der Waals surface area contributed by atoms with Crippen molar-refractivity contribution >= 4 is 49.6 Å². The standard InChI is InChI=1S/C16H11BrN2O2S2/c17-11-4-6-22-14(11)15(20)19-16-18-12(8-23-16)9-1-2-13-10(7-9)3-5-21-13/h1-2,4,6-8H,3,5H2,(H,18,19,20). The van der Waals surface area contributed by atoms with Gasteiger partial charge in [-0.15, -0.1) is 22.7 Å². The molecule has 4 nitrogen and oxygen atoms in total. The summed E-state index contributed by atoms with van der Waals surface area (Å²) < 4.78 is 6.32. The van der Waals surface area contributed by atoms with E-state index in [9.17, 15) is 4.79 Å². The zero-order chi connectivity index (χ0) is 15.8. The van der Waals surface area contributed by atoms with Crippen LogP contribution in [0.4, 0.5) is 5.13 Å². The molecule has 2 aromatic heterocycles. The number of amides is 1. The summed E-state index contributed by atoms with van der Waals surface area (Å²) >= 11 is 6.19. The molecular weight excluding hydrogens is 396 g/mol. The smallest absolute Gasteiger partial charge is 0.268 e. The fourth-order valence-electron chi connectivity index (χ4n) is 2.42. The third kappa shape index (κ3) is 2.91. The summed E-state index contributed by atoms with van der Waals surface area (Å²) in [4.78, 5) is 17.4. The quantitative estimate of drug-likeness (QED) is 0.677. The molecule has 1 N–H and O–H groups in total.